The number of amides is 2. The third kappa shape index (κ3) is 7.50. The minimum atomic E-state index is -0.622. The van der Waals surface area contributed by atoms with Crippen LogP contribution in [-0.4, -0.2) is 48.0 Å². The van der Waals surface area contributed by atoms with Crippen molar-refractivity contribution in [3.8, 4) is 5.75 Å². The van der Waals surface area contributed by atoms with Crippen molar-refractivity contribution in [3.05, 3.63) is 41.3 Å². The third-order valence-electron chi connectivity index (χ3n) is 4.04. The molecule has 1 aromatic carbocycles. The Kier molecular flexibility index (Phi) is 9.22. The Morgan fingerprint density at radius 3 is 2.86 bits per heavy atom. The molecular formula is C19H25ClFN3O4S. The van der Waals surface area contributed by atoms with Crippen LogP contribution < -0.4 is 15.4 Å². The summed E-state index contributed by atoms with van der Waals surface area (Å²) in [5.74, 6) is -0.937. The van der Waals surface area contributed by atoms with E-state index in [9.17, 15) is 14.0 Å². The van der Waals surface area contributed by atoms with E-state index in [4.69, 9.17) is 20.5 Å². The fourth-order valence-corrected chi connectivity index (χ4v) is 3.45. The molecule has 0 saturated carbocycles. The number of benzene rings is 1. The summed E-state index contributed by atoms with van der Waals surface area (Å²) in [5, 5.41) is 5.38. The van der Waals surface area contributed by atoms with Crippen LogP contribution in [0.2, 0.25) is 5.02 Å². The lowest BCUT2D eigenvalue weighted by atomic mass is 10.3. The Morgan fingerprint density at radius 2 is 2.17 bits per heavy atom. The van der Waals surface area contributed by atoms with Crippen LogP contribution in [0.5, 0.6) is 5.75 Å². The summed E-state index contributed by atoms with van der Waals surface area (Å²) in [4.78, 5) is 24.1. The maximum atomic E-state index is 13.3. The van der Waals surface area contributed by atoms with Gasteiger partial charge in [-0.15, -0.1) is 0 Å². The van der Waals surface area contributed by atoms with E-state index < -0.39 is 11.7 Å². The van der Waals surface area contributed by atoms with Gasteiger partial charge in [-0.25, -0.2) is 8.70 Å². The lowest BCUT2D eigenvalue weighted by Gasteiger charge is -2.10. The average Bonchev–Trinajstić information content (AvgIpc) is 3.32. The Bertz CT molecular complexity index is 752. The first-order valence-corrected chi connectivity index (χ1v) is 10.3. The lowest BCUT2D eigenvalue weighted by molar-refractivity contribution is -0.122. The van der Waals surface area contributed by atoms with Crippen LogP contribution in [0.1, 0.15) is 26.7 Å². The van der Waals surface area contributed by atoms with E-state index in [0.29, 0.717) is 25.3 Å². The van der Waals surface area contributed by atoms with E-state index in [2.05, 4.69) is 17.2 Å². The molecule has 0 aliphatic carbocycles. The monoisotopic (exact) mass is 445 g/mol. The maximum absolute atomic E-state index is 13.3. The van der Waals surface area contributed by atoms with Crippen LogP contribution in [0.4, 0.5) is 4.39 Å². The van der Waals surface area contributed by atoms with Gasteiger partial charge in [-0.05, 0) is 25.5 Å². The van der Waals surface area contributed by atoms with Crippen molar-refractivity contribution in [2.75, 3.05) is 19.8 Å². The fourth-order valence-electron chi connectivity index (χ4n) is 2.40. The zero-order valence-corrected chi connectivity index (χ0v) is 17.9. The van der Waals surface area contributed by atoms with Crippen molar-refractivity contribution in [1.29, 1.82) is 0 Å². The Labute approximate surface area is 179 Å². The number of halogens is 2. The van der Waals surface area contributed by atoms with Gasteiger partial charge in [0.1, 0.15) is 17.6 Å². The molecule has 0 radical (unpaired) electrons. The van der Waals surface area contributed by atoms with Crippen LogP contribution in [0.15, 0.2) is 30.5 Å². The Morgan fingerprint density at radius 1 is 1.41 bits per heavy atom. The summed E-state index contributed by atoms with van der Waals surface area (Å²) < 4.78 is 25.8. The molecule has 1 saturated heterocycles. The van der Waals surface area contributed by atoms with Gasteiger partial charge in [0.15, 0.2) is 6.61 Å². The molecule has 1 heterocycles. The smallest absolute Gasteiger partial charge is 0.262 e. The molecule has 1 aliphatic rings. The quantitative estimate of drug-likeness (QED) is 0.223. The number of nitrogens with zero attached hydrogens (tertiary/aromatic N) is 1. The van der Waals surface area contributed by atoms with Crippen molar-refractivity contribution < 1.29 is 22.9 Å². The zero-order valence-electron chi connectivity index (χ0n) is 16.4. The average molecular weight is 446 g/mol. The van der Waals surface area contributed by atoms with Gasteiger partial charge in [-0.1, -0.05) is 25.1 Å². The number of nitrogens with one attached hydrogen (secondary N) is 2. The molecule has 1 aromatic rings. The number of carbonyl (C=O) groups excluding carboxylic acids is 2. The van der Waals surface area contributed by atoms with Gasteiger partial charge in [0, 0.05) is 30.8 Å². The molecule has 2 N–H and O–H groups in total. The molecule has 3 unspecified atom stereocenters. The van der Waals surface area contributed by atoms with Gasteiger partial charge in [0.05, 0.1) is 23.9 Å². The normalized spacial score (nSPS) is 20.1. The molecule has 160 valence electrons. The standard InChI is InChI=1S/C19H25ClFN3O4S/c1-4-9-28-29-24-13(3)18(24)19(26)22-8-7-12(2)23-17(25)11-27-14-5-6-15(20)16(21)10-14/h5-6,10,13,18H,2,4,7-9,11H2,1,3H3,(H,22,26)(H,23,25). The van der Waals surface area contributed by atoms with E-state index in [0.717, 1.165) is 12.5 Å². The molecule has 29 heavy (non-hydrogen) atoms. The van der Waals surface area contributed by atoms with Crippen molar-refractivity contribution in [3.63, 3.8) is 0 Å². The second-order valence-electron chi connectivity index (χ2n) is 6.50. The molecule has 10 heteroatoms. The van der Waals surface area contributed by atoms with Crippen LogP contribution >= 0.6 is 23.8 Å². The van der Waals surface area contributed by atoms with E-state index in [-0.39, 0.29) is 35.4 Å². The number of carbonyl (C=O) groups is 2. The van der Waals surface area contributed by atoms with Gasteiger partial charge < -0.3 is 19.6 Å². The van der Waals surface area contributed by atoms with Crippen molar-refractivity contribution >= 4 is 35.6 Å². The SMILES string of the molecule is C=C(CCNC(=O)C1C(C)N1SOCCC)NC(=O)COc1ccc(Cl)c(F)c1. The maximum Gasteiger partial charge on any atom is 0.262 e. The fraction of sp³-hybridized carbons (Fsp3) is 0.474. The molecule has 0 aromatic heterocycles. The van der Waals surface area contributed by atoms with E-state index in [1.807, 2.05) is 18.2 Å². The zero-order chi connectivity index (χ0) is 21.4. The van der Waals surface area contributed by atoms with E-state index >= 15 is 0 Å². The number of hydrogen-bond acceptors (Lipinski definition) is 6. The molecule has 3 atom stereocenters. The van der Waals surface area contributed by atoms with Gasteiger partial charge in [-0.2, -0.15) is 0 Å². The minimum Gasteiger partial charge on any atom is -0.484 e. The van der Waals surface area contributed by atoms with Crippen LogP contribution in [0.25, 0.3) is 0 Å². The van der Waals surface area contributed by atoms with Gasteiger partial charge >= 0.3 is 0 Å². The number of rotatable bonds is 12. The molecule has 7 nitrogen and oxygen atoms in total. The third-order valence-corrected chi connectivity index (χ3v) is 5.35. The highest BCUT2D eigenvalue weighted by Gasteiger charge is 2.50. The minimum absolute atomic E-state index is 0.0204. The van der Waals surface area contributed by atoms with Crippen molar-refractivity contribution in [1.82, 2.24) is 14.9 Å². The van der Waals surface area contributed by atoms with Crippen LogP contribution in [0.3, 0.4) is 0 Å². The predicted octanol–water partition coefficient (Wildman–Crippen LogP) is 3.06. The highest BCUT2D eigenvalue weighted by atomic mass is 35.5. The van der Waals surface area contributed by atoms with Crippen molar-refractivity contribution in [2.45, 2.75) is 38.8 Å². The van der Waals surface area contributed by atoms with Gasteiger partial charge in [-0.3, -0.25) is 9.59 Å². The van der Waals surface area contributed by atoms with Gasteiger partial charge in [0.25, 0.3) is 5.91 Å². The number of ether oxygens (including phenoxy) is 1. The summed E-state index contributed by atoms with van der Waals surface area (Å²) in [6.07, 6.45) is 1.30. The molecule has 0 bridgehead atoms. The van der Waals surface area contributed by atoms with Crippen molar-refractivity contribution in [2.24, 2.45) is 0 Å². The highest BCUT2D eigenvalue weighted by Crippen LogP contribution is 2.36. The Hall–Kier alpha value is -1.81. The predicted molar refractivity (Wildman–Crippen MR) is 111 cm³/mol. The summed E-state index contributed by atoms with van der Waals surface area (Å²) in [6.45, 7) is 8.43. The molecular weight excluding hydrogens is 421 g/mol. The first kappa shape index (κ1) is 23.5. The topological polar surface area (TPSA) is 79.7 Å². The summed E-state index contributed by atoms with van der Waals surface area (Å²) in [6, 6.07) is 3.83. The molecule has 1 aliphatic heterocycles. The first-order valence-electron chi connectivity index (χ1n) is 9.24. The molecule has 1 fully saturated rings. The van der Waals surface area contributed by atoms with Crippen LogP contribution in [-0.2, 0) is 13.8 Å². The molecule has 2 amide bonds. The molecule has 0 spiro atoms. The molecule has 2 rings (SSSR count). The second-order valence-corrected chi connectivity index (χ2v) is 7.71. The van der Waals surface area contributed by atoms with Crippen LogP contribution in [0, 0.1) is 5.82 Å². The second kappa shape index (κ2) is 11.4. The number of hydrogen-bond donors (Lipinski definition) is 2. The highest BCUT2D eigenvalue weighted by molar-refractivity contribution is 7.92. The van der Waals surface area contributed by atoms with E-state index in [1.165, 1.54) is 24.4 Å². The van der Waals surface area contributed by atoms with Gasteiger partial charge in [0.2, 0.25) is 5.91 Å². The summed E-state index contributed by atoms with van der Waals surface area (Å²) in [5.41, 5.74) is 0.447. The first-order chi connectivity index (χ1) is 13.8. The summed E-state index contributed by atoms with van der Waals surface area (Å²) in [7, 11) is 0. The lowest BCUT2D eigenvalue weighted by Crippen LogP contribution is -2.33. The summed E-state index contributed by atoms with van der Waals surface area (Å²) >= 11 is 6.81. The Balaban J connectivity index is 1.61. The largest absolute Gasteiger partial charge is 0.484 e. The van der Waals surface area contributed by atoms with E-state index in [1.54, 1.807) is 0 Å².